The first-order chi connectivity index (χ1) is 17.5. The molecule has 8 nitrogen and oxygen atoms in total. The quantitative estimate of drug-likeness (QED) is 0.270. The second kappa shape index (κ2) is 13.6. The van der Waals surface area contributed by atoms with Gasteiger partial charge in [0, 0.05) is 29.6 Å². The number of ether oxygens (including phenoxy) is 2. The fourth-order valence-corrected chi connectivity index (χ4v) is 3.44. The molecule has 0 atom stereocenters. The average molecular weight is 491 g/mol. The van der Waals surface area contributed by atoms with E-state index in [4.69, 9.17) is 9.47 Å². The Kier molecular flexibility index (Phi) is 10.00. The van der Waals surface area contributed by atoms with Crippen molar-refractivity contribution in [3.63, 3.8) is 0 Å². The van der Waals surface area contributed by atoms with E-state index in [1.165, 1.54) is 0 Å². The molecule has 0 unspecified atom stereocenters. The standard InChI is InChI=1S/C28H30N2O6/c1-2-3-18-35-28(34)21-14-16-22(17-15-21)29-26(32)19-36-27(33)13-7-12-25(31)30-24-11-6-9-20-8-4-5-10-23(20)24/h4-6,8-11,14-17H,2-3,7,12-13,18-19H2,1H3,(H,29,32)(H,30,31). The van der Waals surface area contributed by atoms with Crippen LogP contribution < -0.4 is 10.6 Å². The van der Waals surface area contributed by atoms with Crippen molar-refractivity contribution in [3.8, 4) is 0 Å². The molecule has 0 aliphatic carbocycles. The molecule has 0 radical (unpaired) electrons. The number of anilines is 2. The summed E-state index contributed by atoms with van der Waals surface area (Å²) in [5.74, 6) is -1.68. The van der Waals surface area contributed by atoms with Gasteiger partial charge in [-0.2, -0.15) is 0 Å². The second-order valence-electron chi connectivity index (χ2n) is 8.20. The van der Waals surface area contributed by atoms with E-state index in [0.29, 0.717) is 24.3 Å². The summed E-state index contributed by atoms with van der Waals surface area (Å²) in [6, 6.07) is 19.7. The number of carbonyl (C=O) groups is 4. The predicted molar refractivity (Wildman–Crippen MR) is 138 cm³/mol. The van der Waals surface area contributed by atoms with Crippen LogP contribution in [0.3, 0.4) is 0 Å². The zero-order valence-electron chi connectivity index (χ0n) is 20.3. The molecule has 3 aromatic carbocycles. The SMILES string of the molecule is CCCCOC(=O)c1ccc(NC(=O)COC(=O)CCCC(=O)Nc2cccc3ccccc23)cc1. The molecule has 8 heteroatoms. The minimum atomic E-state index is -0.562. The van der Waals surface area contributed by atoms with Gasteiger partial charge in [0.2, 0.25) is 5.91 Å². The van der Waals surface area contributed by atoms with Gasteiger partial charge in [0.05, 0.1) is 12.2 Å². The van der Waals surface area contributed by atoms with Crippen molar-refractivity contribution < 1.29 is 28.7 Å². The molecule has 0 heterocycles. The van der Waals surface area contributed by atoms with Crippen LogP contribution in [-0.4, -0.2) is 37.0 Å². The third kappa shape index (κ3) is 8.23. The van der Waals surface area contributed by atoms with Gasteiger partial charge >= 0.3 is 11.9 Å². The highest BCUT2D eigenvalue weighted by Crippen LogP contribution is 2.23. The summed E-state index contributed by atoms with van der Waals surface area (Å²) >= 11 is 0. The summed E-state index contributed by atoms with van der Waals surface area (Å²) in [6.45, 7) is 1.94. The number of rotatable bonds is 12. The van der Waals surface area contributed by atoms with E-state index in [1.54, 1.807) is 24.3 Å². The van der Waals surface area contributed by atoms with Gasteiger partial charge in [-0.1, -0.05) is 49.7 Å². The Labute approximate surface area is 210 Å². The largest absolute Gasteiger partial charge is 0.462 e. The lowest BCUT2D eigenvalue weighted by Crippen LogP contribution is -2.21. The molecule has 0 saturated carbocycles. The molecular formula is C28H30N2O6. The van der Waals surface area contributed by atoms with Crippen LogP contribution in [0.2, 0.25) is 0 Å². The van der Waals surface area contributed by atoms with E-state index in [9.17, 15) is 19.2 Å². The molecule has 0 aliphatic heterocycles. The van der Waals surface area contributed by atoms with E-state index in [0.717, 1.165) is 29.3 Å². The summed E-state index contributed by atoms with van der Waals surface area (Å²) in [6.07, 6.45) is 2.21. The molecule has 2 N–H and O–H groups in total. The highest BCUT2D eigenvalue weighted by molar-refractivity contribution is 6.02. The number of unbranched alkanes of at least 4 members (excludes halogenated alkanes) is 1. The van der Waals surface area contributed by atoms with Gasteiger partial charge in [-0.05, 0) is 48.6 Å². The monoisotopic (exact) mass is 490 g/mol. The van der Waals surface area contributed by atoms with Crippen LogP contribution in [0.15, 0.2) is 66.7 Å². The Morgan fingerprint density at radius 2 is 1.50 bits per heavy atom. The zero-order chi connectivity index (χ0) is 25.8. The van der Waals surface area contributed by atoms with Crippen LogP contribution in [0.1, 0.15) is 49.4 Å². The van der Waals surface area contributed by atoms with Crippen molar-refractivity contribution in [2.24, 2.45) is 0 Å². The minimum absolute atomic E-state index is 0.0189. The van der Waals surface area contributed by atoms with Crippen LogP contribution in [0.4, 0.5) is 11.4 Å². The van der Waals surface area contributed by atoms with Gasteiger partial charge in [0.25, 0.3) is 5.91 Å². The average Bonchev–Trinajstić information content (AvgIpc) is 2.88. The summed E-state index contributed by atoms with van der Waals surface area (Å²) in [5.41, 5.74) is 1.57. The third-order valence-electron chi connectivity index (χ3n) is 5.35. The maximum atomic E-state index is 12.3. The molecule has 0 spiro atoms. The Hall–Kier alpha value is -4.20. The summed E-state index contributed by atoms with van der Waals surface area (Å²) in [5, 5.41) is 7.45. The van der Waals surface area contributed by atoms with Gasteiger partial charge in [0.1, 0.15) is 0 Å². The highest BCUT2D eigenvalue weighted by Gasteiger charge is 2.12. The Bertz CT molecular complexity index is 1200. The molecular weight excluding hydrogens is 460 g/mol. The van der Waals surface area contributed by atoms with Crippen molar-refractivity contribution in [2.75, 3.05) is 23.8 Å². The van der Waals surface area contributed by atoms with Crippen molar-refractivity contribution in [1.29, 1.82) is 0 Å². The second-order valence-corrected chi connectivity index (χ2v) is 8.20. The van der Waals surface area contributed by atoms with E-state index in [2.05, 4.69) is 10.6 Å². The Morgan fingerprint density at radius 1 is 0.750 bits per heavy atom. The number of esters is 2. The molecule has 0 saturated heterocycles. The van der Waals surface area contributed by atoms with Crippen LogP contribution >= 0.6 is 0 Å². The molecule has 2 amide bonds. The van der Waals surface area contributed by atoms with Gasteiger partial charge in [-0.25, -0.2) is 4.79 Å². The normalized spacial score (nSPS) is 10.5. The van der Waals surface area contributed by atoms with E-state index >= 15 is 0 Å². The van der Waals surface area contributed by atoms with E-state index < -0.39 is 24.5 Å². The van der Waals surface area contributed by atoms with E-state index in [1.807, 2.05) is 49.4 Å². The van der Waals surface area contributed by atoms with Crippen LogP contribution in [0, 0.1) is 0 Å². The first kappa shape index (κ1) is 26.4. The van der Waals surface area contributed by atoms with Crippen LogP contribution in [-0.2, 0) is 23.9 Å². The zero-order valence-corrected chi connectivity index (χ0v) is 20.3. The molecule has 3 aromatic rings. The van der Waals surface area contributed by atoms with Crippen molar-refractivity contribution in [3.05, 3.63) is 72.3 Å². The van der Waals surface area contributed by atoms with E-state index in [-0.39, 0.29) is 18.7 Å². The van der Waals surface area contributed by atoms with Crippen molar-refractivity contribution in [2.45, 2.75) is 39.0 Å². The van der Waals surface area contributed by atoms with Gasteiger partial charge in [-0.3, -0.25) is 14.4 Å². The lowest BCUT2D eigenvalue weighted by Gasteiger charge is -2.09. The number of fused-ring (bicyclic) bond motifs is 1. The molecule has 0 aromatic heterocycles. The molecule has 0 fully saturated rings. The third-order valence-corrected chi connectivity index (χ3v) is 5.35. The number of carbonyl (C=O) groups excluding carboxylic acids is 4. The first-order valence-corrected chi connectivity index (χ1v) is 12.0. The molecule has 3 rings (SSSR count). The lowest BCUT2D eigenvalue weighted by atomic mass is 10.1. The number of hydrogen-bond donors (Lipinski definition) is 2. The Balaban J connectivity index is 1.34. The maximum Gasteiger partial charge on any atom is 0.338 e. The molecule has 188 valence electrons. The maximum absolute atomic E-state index is 12.3. The van der Waals surface area contributed by atoms with Gasteiger partial charge in [-0.15, -0.1) is 0 Å². The smallest absolute Gasteiger partial charge is 0.338 e. The topological polar surface area (TPSA) is 111 Å². The van der Waals surface area contributed by atoms with Crippen LogP contribution in [0.5, 0.6) is 0 Å². The van der Waals surface area contributed by atoms with Crippen LogP contribution in [0.25, 0.3) is 10.8 Å². The highest BCUT2D eigenvalue weighted by atomic mass is 16.5. The molecule has 36 heavy (non-hydrogen) atoms. The number of hydrogen-bond acceptors (Lipinski definition) is 6. The van der Waals surface area contributed by atoms with Crippen molar-refractivity contribution in [1.82, 2.24) is 0 Å². The van der Waals surface area contributed by atoms with Crippen molar-refractivity contribution >= 4 is 45.9 Å². The molecule has 0 aliphatic rings. The summed E-state index contributed by atoms with van der Waals surface area (Å²) in [7, 11) is 0. The molecule has 0 bridgehead atoms. The summed E-state index contributed by atoms with van der Waals surface area (Å²) < 4.78 is 10.1. The lowest BCUT2D eigenvalue weighted by molar-refractivity contribution is -0.147. The fraction of sp³-hybridized carbons (Fsp3) is 0.286. The number of nitrogens with one attached hydrogen (secondary N) is 2. The summed E-state index contributed by atoms with van der Waals surface area (Å²) in [4.78, 5) is 48.2. The minimum Gasteiger partial charge on any atom is -0.462 e. The van der Waals surface area contributed by atoms with Gasteiger partial charge in [0.15, 0.2) is 6.61 Å². The van der Waals surface area contributed by atoms with Gasteiger partial charge < -0.3 is 20.1 Å². The number of amides is 2. The predicted octanol–water partition coefficient (Wildman–Crippen LogP) is 5.09. The fourth-order valence-electron chi connectivity index (χ4n) is 3.44. The Morgan fingerprint density at radius 3 is 2.28 bits per heavy atom. The number of benzene rings is 3. The first-order valence-electron chi connectivity index (χ1n) is 12.0.